The minimum atomic E-state index is -4.22. The molecule has 4 aromatic rings. The molecule has 0 aliphatic rings. The van der Waals surface area contributed by atoms with Gasteiger partial charge in [-0.15, -0.1) is 0 Å². The number of fused-ring (bicyclic) bond motifs is 1. The molecule has 33 heavy (non-hydrogen) atoms. The third-order valence-corrected chi connectivity index (χ3v) is 7.08. The summed E-state index contributed by atoms with van der Waals surface area (Å²) in [6, 6.07) is 6.80. The first kappa shape index (κ1) is 23.1. The molecule has 0 saturated heterocycles. The average Bonchev–Trinajstić information content (AvgIpc) is 3.21. The van der Waals surface area contributed by atoms with Crippen molar-refractivity contribution < 1.29 is 26.4 Å². The lowest BCUT2D eigenvalue weighted by Crippen LogP contribution is -2.26. The van der Waals surface area contributed by atoms with E-state index in [2.05, 4.69) is 35.3 Å². The molecule has 0 atom stereocenters. The van der Waals surface area contributed by atoms with Gasteiger partial charge in [0.15, 0.2) is 5.03 Å². The van der Waals surface area contributed by atoms with E-state index in [0.29, 0.717) is 26.7 Å². The molecule has 4 rings (SSSR count). The molecular formula is C20H12BrF3N4O3S2. The first-order valence-corrected chi connectivity index (χ1v) is 12.1. The van der Waals surface area contributed by atoms with Gasteiger partial charge < -0.3 is 5.32 Å². The van der Waals surface area contributed by atoms with Gasteiger partial charge in [-0.3, -0.25) is 9.52 Å². The van der Waals surface area contributed by atoms with E-state index in [9.17, 15) is 26.4 Å². The third kappa shape index (κ3) is 4.84. The van der Waals surface area contributed by atoms with E-state index in [1.807, 2.05) is 0 Å². The van der Waals surface area contributed by atoms with Crippen molar-refractivity contribution >= 4 is 59.2 Å². The molecule has 0 bridgehead atoms. The van der Waals surface area contributed by atoms with Crippen LogP contribution < -0.4 is 10.0 Å². The van der Waals surface area contributed by atoms with Crippen molar-refractivity contribution in [2.24, 2.45) is 0 Å². The zero-order valence-corrected chi connectivity index (χ0v) is 19.5. The van der Waals surface area contributed by atoms with Crippen LogP contribution >= 0.6 is 27.5 Å². The van der Waals surface area contributed by atoms with Gasteiger partial charge in [0.25, 0.3) is 15.9 Å². The van der Waals surface area contributed by atoms with Crippen molar-refractivity contribution in [3.63, 3.8) is 0 Å². The molecule has 0 spiro atoms. The molecule has 0 fully saturated rings. The SMILES string of the molecule is O=C(NCc1c(F)cc(F)cc1F)c1ccc(Br)cc1NS(=O)(=O)c1nccc2sncc12. The number of sulfonamides is 1. The molecule has 0 saturated carbocycles. The Balaban J connectivity index is 1.63. The second kappa shape index (κ2) is 9.08. The van der Waals surface area contributed by atoms with Gasteiger partial charge in [-0.2, -0.15) is 12.8 Å². The summed E-state index contributed by atoms with van der Waals surface area (Å²) in [6.45, 7) is -0.583. The molecule has 0 unspecified atom stereocenters. The van der Waals surface area contributed by atoms with Crippen molar-refractivity contribution in [2.45, 2.75) is 11.6 Å². The Labute approximate surface area is 198 Å². The van der Waals surface area contributed by atoms with Crippen LogP contribution in [0.25, 0.3) is 10.1 Å². The number of anilines is 1. The van der Waals surface area contributed by atoms with Crippen LogP contribution in [-0.2, 0) is 16.6 Å². The van der Waals surface area contributed by atoms with Crippen molar-refractivity contribution in [3.05, 3.63) is 81.8 Å². The lowest BCUT2D eigenvalue weighted by Gasteiger charge is -2.14. The van der Waals surface area contributed by atoms with Gasteiger partial charge in [-0.05, 0) is 35.8 Å². The molecule has 0 aliphatic carbocycles. The lowest BCUT2D eigenvalue weighted by atomic mass is 10.1. The van der Waals surface area contributed by atoms with Crippen LogP contribution in [0.5, 0.6) is 0 Å². The number of halogens is 4. The number of nitrogens with zero attached hydrogens (tertiary/aromatic N) is 2. The number of carbonyl (C=O) groups excluding carboxylic acids is 1. The number of pyridine rings is 1. The summed E-state index contributed by atoms with van der Waals surface area (Å²) in [5.41, 5.74) is -0.742. The van der Waals surface area contributed by atoms with Crippen molar-refractivity contribution in [3.8, 4) is 0 Å². The van der Waals surface area contributed by atoms with E-state index in [1.165, 1.54) is 30.6 Å². The van der Waals surface area contributed by atoms with Gasteiger partial charge in [0.05, 0.1) is 27.5 Å². The van der Waals surface area contributed by atoms with Crippen LogP contribution in [0, 0.1) is 17.5 Å². The molecule has 2 N–H and O–H groups in total. The fourth-order valence-corrected chi connectivity index (χ4v) is 5.26. The highest BCUT2D eigenvalue weighted by molar-refractivity contribution is 9.10. The molecular weight excluding hydrogens is 545 g/mol. The van der Waals surface area contributed by atoms with Gasteiger partial charge in [0.2, 0.25) is 0 Å². The largest absolute Gasteiger partial charge is 0.348 e. The first-order chi connectivity index (χ1) is 15.7. The second-order valence-corrected chi connectivity index (χ2v) is 10.0. The summed E-state index contributed by atoms with van der Waals surface area (Å²) >= 11 is 4.32. The Bertz CT molecular complexity index is 1470. The maximum atomic E-state index is 13.9. The van der Waals surface area contributed by atoms with Crippen LogP contribution in [0.4, 0.5) is 18.9 Å². The van der Waals surface area contributed by atoms with Crippen molar-refractivity contribution in [1.29, 1.82) is 0 Å². The van der Waals surface area contributed by atoms with Crippen molar-refractivity contribution in [1.82, 2.24) is 14.7 Å². The molecule has 2 aromatic heterocycles. The molecule has 2 heterocycles. The maximum Gasteiger partial charge on any atom is 0.280 e. The monoisotopic (exact) mass is 556 g/mol. The predicted octanol–water partition coefficient (Wildman–Crippen LogP) is 4.60. The predicted molar refractivity (Wildman–Crippen MR) is 120 cm³/mol. The topological polar surface area (TPSA) is 101 Å². The Morgan fingerprint density at radius 2 is 1.82 bits per heavy atom. The molecule has 0 aliphatic heterocycles. The van der Waals surface area contributed by atoms with Gasteiger partial charge in [-0.1, -0.05) is 15.9 Å². The number of hydrogen-bond donors (Lipinski definition) is 2. The van der Waals surface area contributed by atoms with Crippen LogP contribution in [0.15, 0.2) is 58.3 Å². The zero-order chi connectivity index (χ0) is 23.8. The van der Waals surface area contributed by atoms with E-state index < -0.39 is 45.5 Å². The van der Waals surface area contributed by atoms with E-state index in [4.69, 9.17) is 0 Å². The summed E-state index contributed by atoms with van der Waals surface area (Å²) < 4.78 is 74.3. The van der Waals surface area contributed by atoms with E-state index in [0.717, 1.165) is 11.5 Å². The van der Waals surface area contributed by atoms with Crippen LogP contribution in [0.3, 0.4) is 0 Å². The Morgan fingerprint density at radius 1 is 1.09 bits per heavy atom. The number of carbonyl (C=O) groups is 1. The maximum absolute atomic E-state index is 13.9. The standard InChI is InChI=1S/C20H12BrF3N4O3S2/c21-10-1-2-12(19(29)26-8-13-15(23)6-11(22)7-16(13)24)17(5-10)28-33(30,31)20-14-9-27-32-18(14)3-4-25-20/h1-7,9,28H,8H2,(H,26,29). The Morgan fingerprint density at radius 3 is 2.55 bits per heavy atom. The van der Waals surface area contributed by atoms with Crippen LogP contribution in [-0.4, -0.2) is 23.7 Å². The highest BCUT2D eigenvalue weighted by Gasteiger charge is 2.23. The second-order valence-electron chi connectivity index (χ2n) is 6.68. The molecule has 1 amide bonds. The number of hydrogen-bond acceptors (Lipinski definition) is 6. The highest BCUT2D eigenvalue weighted by Crippen LogP contribution is 2.28. The molecule has 7 nitrogen and oxygen atoms in total. The van der Waals surface area contributed by atoms with Gasteiger partial charge in [-0.25, -0.2) is 18.2 Å². The number of benzene rings is 2. The minimum Gasteiger partial charge on any atom is -0.348 e. The Kier molecular flexibility index (Phi) is 6.36. The first-order valence-electron chi connectivity index (χ1n) is 9.09. The summed E-state index contributed by atoms with van der Waals surface area (Å²) in [4.78, 5) is 16.7. The Hall–Kier alpha value is -3.03. The normalized spacial score (nSPS) is 11.5. The van der Waals surface area contributed by atoms with Gasteiger partial charge >= 0.3 is 0 Å². The smallest absolute Gasteiger partial charge is 0.280 e. The number of aromatic nitrogens is 2. The zero-order valence-electron chi connectivity index (χ0n) is 16.3. The van der Waals surface area contributed by atoms with E-state index in [-0.39, 0.29) is 16.3 Å². The number of nitrogens with one attached hydrogen (secondary N) is 2. The summed E-state index contributed by atoms with van der Waals surface area (Å²) in [5, 5.41) is 2.36. The summed E-state index contributed by atoms with van der Waals surface area (Å²) in [7, 11) is -4.22. The van der Waals surface area contributed by atoms with Crippen molar-refractivity contribution in [2.75, 3.05) is 4.72 Å². The molecule has 0 radical (unpaired) electrons. The lowest BCUT2D eigenvalue weighted by molar-refractivity contribution is 0.0951. The number of amides is 1. The summed E-state index contributed by atoms with van der Waals surface area (Å²) in [6.07, 6.45) is 2.71. The van der Waals surface area contributed by atoms with Crippen LogP contribution in [0.2, 0.25) is 0 Å². The van der Waals surface area contributed by atoms with Gasteiger partial charge in [0, 0.05) is 34.9 Å². The fourth-order valence-electron chi connectivity index (χ4n) is 2.98. The number of rotatable bonds is 6. The highest BCUT2D eigenvalue weighted by atomic mass is 79.9. The molecule has 13 heteroatoms. The average molecular weight is 557 g/mol. The van der Waals surface area contributed by atoms with Crippen LogP contribution in [0.1, 0.15) is 15.9 Å². The summed E-state index contributed by atoms with van der Waals surface area (Å²) in [5.74, 6) is -4.22. The molecule has 170 valence electrons. The van der Waals surface area contributed by atoms with E-state index >= 15 is 0 Å². The minimum absolute atomic E-state index is 0.0936. The van der Waals surface area contributed by atoms with E-state index in [1.54, 1.807) is 6.07 Å². The molecule has 2 aromatic carbocycles. The van der Waals surface area contributed by atoms with Gasteiger partial charge in [0.1, 0.15) is 17.5 Å². The quantitative estimate of drug-likeness (QED) is 0.361. The third-order valence-electron chi connectivity index (χ3n) is 4.50. The fraction of sp³-hybridized carbons (Fsp3) is 0.0500.